The zero-order valence-electron chi connectivity index (χ0n) is 9.06. The number of carbonyl (C=O) groups excluding carboxylic acids is 1. The third-order valence-electron chi connectivity index (χ3n) is 1.82. The molecule has 0 aliphatic rings. The summed E-state index contributed by atoms with van der Waals surface area (Å²) in [7, 11) is 0. The van der Waals surface area contributed by atoms with Crippen molar-refractivity contribution >= 4 is 12.0 Å². The molecule has 3 N–H and O–H groups in total. The third-order valence-corrected chi connectivity index (χ3v) is 1.82. The summed E-state index contributed by atoms with van der Waals surface area (Å²) in [5.41, 5.74) is 0. The lowest BCUT2D eigenvalue weighted by molar-refractivity contribution is -0.165. The summed E-state index contributed by atoms with van der Waals surface area (Å²) in [6, 6.07) is 0. The van der Waals surface area contributed by atoms with E-state index in [0.717, 1.165) is 0 Å². The molecular formula is C9H18N2O4. The maximum Gasteiger partial charge on any atom is 0.404 e. The van der Waals surface area contributed by atoms with E-state index in [1.807, 2.05) is 13.8 Å². The average Bonchev–Trinajstić information content (AvgIpc) is 2.13. The van der Waals surface area contributed by atoms with Crippen LogP contribution in [-0.2, 0) is 4.79 Å². The quantitative estimate of drug-likeness (QED) is 0.456. The largest absolute Gasteiger partial charge is 0.465 e. The predicted molar refractivity (Wildman–Crippen MR) is 53.6 cm³/mol. The number of amides is 2. The van der Waals surface area contributed by atoms with Crippen molar-refractivity contribution in [3.63, 3.8) is 0 Å². The van der Waals surface area contributed by atoms with Gasteiger partial charge in [0.25, 0.3) is 0 Å². The normalized spacial score (nSPS) is 10.1. The minimum atomic E-state index is -1.17. The summed E-state index contributed by atoms with van der Waals surface area (Å²) in [4.78, 5) is 21.2. The Bertz CT molecular complexity index is 218. The van der Waals surface area contributed by atoms with E-state index in [2.05, 4.69) is 5.32 Å². The Morgan fingerprint density at radius 1 is 1.40 bits per heavy atom. The highest BCUT2D eigenvalue weighted by Crippen LogP contribution is 2.01. The number of hydrogen-bond donors (Lipinski definition) is 3. The van der Waals surface area contributed by atoms with Crippen LogP contribution in [0.4, 0.5) is 4.79 Å². The topological polar surface area (TPSA) is 89.9 Å². The van der Waals surface area contributed by atoms with Gasteiger partial charge in [0, 0.05) is 19.5 Å². The van der Waals surface area contributed by atoms with Gasteiger partial charge < -0.3 is 10.4 Å². The van der Waals surface area contributed by atoms with Crippen molar-refractivity contribution in [2.75, 3.05) is 13.1 Å². The van der Waals surface area contributed by atoms with Gasteiger partial charge >= 0.3 is 6.09 Å². The van der Waals surface area contributed by atoms with Crippen LogP contribution in [0.5, 0.6) is 0 Å². The number of nitrogens with zero attached hydrogens (tertiary/aromatic N) is 1. The van der Waals surface area contributed by atoms with Crippen LogP contribution in [0.2, 0.25) is 0 Å². The molecule has 0 saturated heterocycles. The lowest BCUT2D eigenvalue weighted by Gasteiger charge is -2.15. The van der Waals surface area contributed by atoms with Crippen molar-refractivity contribution < 1.29 is 19.9 Å². The van der Waals surface area contributed by atoms with Crippen LogP contribution in [0.15, 0.2) is 0 Å². The molecule has 15 heavy (non-hydrogen) atoms. The van der Waals surface area contributed by atoms with E-state index in [1.54, 1.807) is 0 Å². The van der Waals surface area contributed by atoms with Crippen LogP contribution >= 0.6 is 0 Å². The number of nitrogens with one attached hydrogen (secondary N) is 1. The molecule has 0 fully saturated rings. The van der Waals surface area contributed by atoms with Gasteiger partial charge in [0.1, 0.15) is 0 Å². The highest BCUT2D eigenvalue weighted by Gasteiger charge is 2.11. The molecule has 2 amide bonds. The summed E-state index contributed by atoms with van der Waals surface area (Å²) in [5, 5.41) is 20.2. The first-order chi connectivity index (χ1) is 6.93. The Morgan fingerprint density at radius 3 is 2.47 bits per heavy atom. The van der Waals surface area contributed by atoms with E-state index in [9.17, 15) is 14.8 Å². The van der Waals surface area contributed by atoms with Crippen molar-refractivity contribution in [2.24, 2.45) is 5.92 Å². The Morgan fingerprint density at radius 2 is 2.00 bits per heavy atom. The summed E-state index contributed by atoms with van der Waals surface area (Å²) in [6.07, 6.45) is -0.482. The van der Waals surface area contributed by atoms with Gasteiger partial charge in [0.15, 0.2) is 0 Å². The van der Waals surface area contributed by atoms with Crippen LogP contribution in [-0.4, -0.2) is 40.5 Å². The molecule has 0 rings (SSSR count). The molecule has 0 spiro atoms. The fraction of sp³-hybridized carbons (Fsp3) is 0.778. The Balaban J connectivity index is 3.64. The molecule has 6 heteroatoms. The maximum atomic E-state index is 11.2. The molecule has 6 nitrogen and oxygen atoms in total. The SMILES string of the molecule is CC(C)CCN(O)C(=O)CCNC(=O)O. The van der Waals surface area contributed by atoms with E-state index in [4.69, 9.17) is 5.11 Å². The van der Waals surface area contributed by atoms with Crippen molar-refractivity contribution in [3.05, 3.63) is 0 Å². The van der Waals surface area contributed by atoms with Gasteiger partial charge in [-0.2, -0.15) is 0 Å². The number of carboxylic acid groups (broad SMARTS) is 1. The lowest BCUT2D eigenvalue weighted by Crippen LogP contribution is -2.32. The number of hydrogen-bond acceptors (Lipinski definition) is 3. The van der Waals surface area contributed by atoms with E-state index >= 15 is 0 Å². The second-order valence-corrected chi connectivity index (χ2v) is 3.68. The van der Waals surface area contributed by atoms with Crippen LogP contribution < -0.4 is 5.32 Å². The maximum absolute atomic E-state index is 11.2. The minimum Gasteiger partial charge on any atom is -0.465 e. The van der Waals surface area contributed by atoms with Crippen molar-refractivity contribution in [1.82, 2.24) is 10.4 Å². The molecule has 0 aromatic carbocycles. The highest BCUT2D eigenvalue weighted by atomic mass is 16.5. The third kappa shape index (κ3) is 7.75. The van der Waals surface area contributed by atoms with Crippen molar-refractivity contribution in [2.45, 2.75) is 26.7 Å². The van der Waals surface area contributed by atoms with Crippen molar-refractivity contribution in [3.8, 4) is 0 Å². The van der Waals surface area contributed by atoms with Gasteiger partial charge in [-0.25, -0.2) is 9.86 Å². The van der Waals surface area contributed by atoms with Crippen LogP contribution in [0, 0.1) is 5.92 Å². The number of hydroxylamine groups is 2. The minimum absolute atomic E-state index is 0.0207. The van der Waals surface area contributed by atoms with Crippen LogP contribution in [0.3, 0.4) is 0 Å². The molecule has 0 saturated carbocycles. The van der Waals surface area contributed by atoms with E-state index in [1.165, 1.54) is 0 Å². The molecule has 88 valence electrons. The zero-order valence-corrected chi connectivity index (χ0v) is 9.06. The first-order valence-corrected chi connectivity index (χ1v) is 4.89. The zero-order chi connectivity index (χ0) is 11.8. The van der Waals surface area contributed by atoms with Crippen LogP contribution in [0.25, 0.3) is 0 Å². The van der Waals surface area contributed by atoms with E-state index in [0.29, 0.717) is 17.4 Å². The summed E-state index contributed by atoms with van der Waals surface area (Å²) >= 11 is 0. The second kappa shape index (κ2) is 7.05. The number of rotatable bonds is 6. The molecule has 0 atom stereocenters. The van der Waals surface area contributed by atoms with Gasteiger partial charge in [-0.3, -0.25) is 10.0 Å². The fourth-order valence-electron chi connectivity index (χ4n) is 0.911. The monoisotopic (exact) mass is 218 g/mol. The lowest BCUT2D eigenvalue weighted by atomic mass is 10.1. The summed E-state index contributed by atoms with van der Waals surface area (Å²) in [5.74, 6) is -0.0611. The first kappa shape index (κ1) is 13.7. The molecule has 0 aliphatic carbocycles. The van der Waals surface area contributed by atoms with E-state index < -0.39 is 12.0 Å². The average molecular weight is 218 g/mol. The summed E-state index contributed by atoms with van der Waals surface area (Å²) in [6.45, 7) is 4.28. The van der Waals surface area contributed by atoms with E-state index in [-0.39, 0.29) is 19.5 Å². The van der Waals surface area contributed by atoms with Gasteiger partial charge in [0.2, 0.25) is 5.91 Å². The predicted octanol–water partition coefficient (Wildman–Crippen LogP) is 0.908. The molecule has 0 aliphatic heterocycles. The smallest absolute Gasteiger partial charge is 0.404 e. The Hall–Kier alpha value is -1.30. The molecular weight excluding hydrogens is 200 g/mol. The van der Waals surface area contributed by atoms with Crippen molar-refractivity contribution in [1.29, 1.82) is 0 Å². The van der Waals surface area contributed by atoms with Crippen LogP contribution in [0.1, 0.15) is 26.7 Å². The molecule has 0 unspecified atom stereocenters. The molecule has 0 aromatic rings. The summed E-state index contributed by atoms with van der Waals surface area (Å²) < 4.78 is 0. The molecule has 0 bridgehead atoms. The Labute approximate surface area is 88.8 Å². The molecule has 0 aromatic heterocycles. The standard InChI is InChI=1S/C9H18N2O4/c1-7(2)4-6-11(15)8(12)3-5-10-9(13)14/h7,10,15H,3-6H2,1-2H3,(H,13,14). The first-order valence-electron chi connectivity index (χ1n) is 4.89. The molecule has 0 heterocycles. The van der Waals surface area contributed by atoms with Gasteiger partial charge in [-0.05, 0) is 12.3 Å². The van der Waals surface area contributed by atoms with Gasteiger partial charge in [-0.1, -0.05) is 13.8 Å². The van der Waals surface area contributed by atoms with Gasteiger partial charge in [-0.15, -0.1) is 0 Å². The Kier molecular flexibility index (Phi) is 6.44. The second-order valence-electron chi connectivity index (χ2n) is 3.68. The highest BCUT2D eigenvalue weighted by molar-refractivity contribution is 5.75. The number of carbonyl (C=O) groups is 2. The molecule has 0 radical (unpaired) electrons. The van der Waals surface area contributed by atoms with Gasteiger partial charge in [0.05, 0.1) is 0 Å². The fourth-order valence-corrected chi connectivity index (χ4v) is 0.911.